The van der Waals surface area contributed by atoms with Gasteiger partial charge in [-0.05, 0) is 38.0 Å². The van der Waals surface area contributed by atoms with Crippen molar-refractivity contribution in [1.29, 1.82) is 5.26 Å². The van der Waals surface area contributed by atoms with Gasteiger partial charge in [0.2, 0.25) is 0 Å². The molecular weight excluding hydrogens is 312 g/mol. The molecule has 0 heterocycles. The Morgan fingerprint density at radius 2 is 1.76 bits per heavy atom. The summed E-state index contributed by atoms with van der Waals surface area (Å²) >= 11 is 0. The standard InChI is InChI=1S/C21H24N2O2/c1-17(2)25-20-12-7-6-11-19(20)21(24)23(15-8-14-22)16-13-18-9-4-3-5-10-18/h3-7,9-12,17H,8,13,15-16H2,1-2H3. The van der Waals surface area contributed by atoms with Crippen LogP contribution in [0.1, 0.15) is 36.2 Å². The summed E-state index contributed by atoms with van der Waals surface area (Å²) < 4.78 is 5.77. The van der Waals surface area contributed by atoms with E-state index in [9.17, 15) is 4.79 Å². The summed E-state index contributed by atoms with van der Waals surface area (Å²) in [4.78, 5) is 14.7. The van der Waals surface area contributed by atoms with Gasteiger partial charge in [-0.2, -0.15) is 5.26 Å². The van der Waals surface area contributed by atoms with Gasteiger partial charge < -0.3 is 9.64 Å². The highest BCUT2D eigenvalue weighted by molar-refractivity contribution is 5.97. The number of carbonyl (C=O) groups is 1. The van der Waals surface area contributed by atoms with E-state index in [1.54, 1.807) is 11.0 Å². The van der Waals surface area contributed by atoms with Crippen molar-refractivity contribution in [1.82, 2.24) is 4.90 Å². The minimum absolute atomic E-state index is 0.00849. The van der Waals surface area contributed by atoms with Crippen LogP contribution in [0.5, 0.6) is 5.75 Å². The van der Waals surface area contributed by atoms with Gasteiger partial charge in [-0.15, -0.1) is 0 Å². The van der Waals surface area contributed by atoms with E-state index < -0.39 is 0 Å². The number of hydrogen-bond donors (Lipinski definition) is 0. The lowest BCUT2D eigenvalue weighted by Crippen LogP contribution is -2.34. The Balaban J connectivity index is 2.16. The molecule has 0 spiro atoms. The predicted molar refractivity (Wildman–Crippen MR) is 98.5 cm³/mol. The summed E-state index contributed by atoms with van der Waals surface area (Å²) in [6.07, 6.45) is 1.06. The molecule has 0 saturated carbocycles. The minimum atomic E-state index is -0.0950. The van der Waals surface area contributed by atoms with Crippen LogP contribution in [-0.4, -0.2) is 30.0 Å². The van der Waals surface area contributed by atoms with E-state index in [2.05, 4.69) is 6.07 Å². The van der Waals surface area contributed by atoms with Crippen LogP contribution >= 0.6 is 0 Å². The van der Waals surface area contributed by atoms with E-state index in [4.69, 9.17) is 10.00 Å². The highest BCUT2D eigenvalue weighted by Crippen LogP contribution is 2.21. The van der Waals surface area contributed by atoms with Gasteiger partial charge in [-0.1, -0.05) is 42.5 Å². The second-order valence-corrected chi connectivity index (χ2v) is 6.10. The van der Waals surface area contributed by atoms with Crippen molar-refractivity contribution in [3.63, 3.8) is 0 Å². The number of para-hydroxylation sites is 1. The lowest BCUT2D eigenvalue weighted by Gasteiger charge is -2.23. The molecule has 0 aromatic heterocycles. The second kappa shape index (κ2) is 9.48. The first-order chi connectivity index (χ1) is 12.1. The molecule has 4 heteroatoms. The summed E-state index contributed by atoms with van der Waals surface area (Å²) in [7, 11) is 0. The van der Waals surface area contributed by atoms with Crippen LogP contribution in [0.25, 0.3) is 0 Å². The fourth-order valence-electron chi connectivity index (χ4n) is 2.58. The van der Waals surface area contributed by atoms with Gasteiger partial charge in [0.1, 0.15) is 5.75 Å². The molecule has 0 N–H and O–H groups in total. The smallest absolute Gasteiger partial charge is 0.257 e. The van der Waals surface area contributed by atoms with Crippen LogP contribution in [0.2, 0.25) is 0 Å². The third-order valence-electron chi connectivity index (χ3n) is 3.77. The summed E-state index contributed by atoms with van der Waals surface area (Å²) in [6, 6.07) is 19.4. The lowest BCUT2D eigenvalue weighted by molar-refractivity contribution is 0.0754. The molecule has 130 valence electrons. The van der Waals surface area contributed by atoms with E-state index in [0.29, 0.717) is 30.8 Å². The molecular formula is C21H24N2O2. The van der Waals surface area contributed by atoms with Crippen molar-refractivity contribution in [3.8, 4) is 11.8 Å². The number of carbonyl (C=O) groups excluding carboxylic acids is 1. The molecule has 25 heavy (non-hydrogen) atoms. The van der Waals surface area contributed by atoms with Crippen molar-refractivity contribution in [2.45, 2.75) is 32.8 Å². The lowest BCUT2D eigenvalue weighted by atomic mass is 10.1. The van der Waals surface area contributed by atoms with Gasteiger partial charge in [0.05, 0.1) is 24.2 Å². The third kappa shape index (κ3) is 5.65. The van der Waals surface area contributed by atoms with E-state index >= 15 is 0 Å². The molecule has 0 aliphatic rings. The molecule has 2 aromatic rings. The number of ether oxygens (including phenoxy) is 1. The molecule has 0 radical (unpaired) electrons. The predicted octanol–water partition coefficient (Wildman–Crippen LogP) is 4.07. The Kier molecular flexibility index (Phi) is 7.03. The maximum atomic E-state index is 13.0. The van der Waals surface area contributed by atoms with E-state index in [1.165, 1.54) is 5.56 Å². The van der Waals surface area contributed by atoms with Gasteiger partial charge in [-0.25, -0.2) is 0 Å². The Morgan fingerprint density at radius 3 is 2.44 bits per heavy atom. The molecule has 4 nitrogen and oxygen atoms in total. The molecule has 0 fully saturated rings. The maximum absolute atomic E-state index is 13.0. The summed E-state index contributed by atoms with van der Waals surface area (Å²) in [5.41, 5.74) is 1.71. The molecule has 2 rings (SSSR count). The zero-order valence-corrected chi connectivity index (χ0v) is 14.8. The van der Waals surface area contributed by atoms with Gasteiger partial charge in [0.15, 0.2) is 0 Å². The molecule has 0 aliphatic carbocycles. The average molecular weight is 336 g/mol. The number of nitrogens with zero attached hydrogens (tertiary/aromatic N) is 2. The first-order valence-corrected chi connectivity index (χ1v) is 8.57. The van der Waals surface area contributed by atoms with Gasteiger partial charge >= 0.3 is 0 Å². The average Bonchev–Trinajstić information content (AvgIpc) is 2.62. The fraction of sp³-hybridized carbons (Fsp3) is 0.333. The summed E-state index contributed by atoms with van der Waals surface area (Å²) in [6.45, 7) is 4.85. The van der Waals surface area contributed by atoms with Crippen molar-refractivity contribution in [2.75, 3.05) is 13.1 Å². The van der Waals surface area contributed by atoms with Crippen LogP contribution in [0.3, 0.4) is 0 Å². The van der Waals surface area contributed by atoms with E-state index in [1.807, 2.05) is 62.4 Å². The molecule has 0 unspecified atom stereocenters. The van der Waals surface area contributed by atoms with Crippen molar-refractivity contribution >= 4 is 5.91 Å². The van der Waals surface area contributed by atoms with Crippen LogP contribution in [0, 0.1) is 11.3 Å². The largest absolute Gasteiger partial charge is 0.490 e. The molecule has 2 aromatic carbocycles. The van der Waals surface area contributed by atoms with Crippen molar-refractivity contribution in [2.24, 2.45) is 0 Å². The molecule has 1 amide bonds. The van der Waals surface area contributed by atoms with E-state index in [-0.39, 0.29) is 12.0 Å². The monoisotopic (exact) mass is 336 g/mol. The second-order valence-electron chi connectivity index (χ2n) is 6.10. The zero-order valence-electron chi connectivity index (χ0n) is 14.8. The minimum Gasteiger partial charge on any atom is -0.490 e. The number of amides is 1. The van der Waals surface area contributed by atoms with Crippen molar-refractivity contribution in [3.05, 3.63) is 65.7 Å². The molecule has 0 atom stereocenters. The Labute approximate surface area is 149 Å². The third-order valence-corrected chi connectivity index (χ3v) is 3.77. The SMILES string of the molecule is CC(C)Oc1ccccc1C(=O)N(CCC#N)CCc1ccccc1. The van der Waals surface area contributed by atoms with Crippen LogP contribution in [-0.2, 0) is 6.42 Å². The quantitative estimate of drug-likeness (QED) is 0.730. The van der Waals surface area contributed by atoms with Crippen LogP contribution < -0.4 is 4.74 Å². The first-order valence-electron chi connectivity index (χ1n) is 8.57. The Morgan fingerprint density at radius 1 is 1.08 bits per heavy atom. The molecule has 0 aliphatic heterocycles. The fourth-order valence-corrected chi connectivity index (χ4v) is 2.58. The van der Waals surface area contributed by atoms with E-state index in [0.717, 1.165) is 6.42 Å². The summed E-state index contributed by atoms with van der Waals surface area (Å²) in [5, 5.41) is 8.91. The number of benzene rings is 2. The first kappa shape index (κ1) is 18.5. The highest BCUT2D eigenvalue weighted by atomic mass is 16.5. The number of nitriles is 1. The summed E-state index contributed by atoms with van der Waals surface area (Å²) in [5.74, 6) is 0.492. The van der Waals surface area contributed by atoms with Crippen molar-refractivity contribution < 1.29 is 9.53 Å². The maximum Gasteiger partial charge on any atom is 0.257 e. The zero-order chi connectivity index (χ0) is 18.1. The van der Waals surface area contributed by atoms with Gasteiger partial charge in [-0.3, -0.25) is 4.79 Å². The molecule has 0 bridgehead atoms. The number of rotatable bonds is 8. The Hall–Kier alpha value is -2.80. The highest BCUT2D eigenvalue weighted by Gasteiger charge is 2.19. The Bertz CT molecular complexity index is 720. The van der Waals surface area contributed by atoms with Crippen LogP contribution in [0.15, 0.2) is 54.6 Å². The van der Waals surface area contributed by atoms with Gasteiger partial charge in [0.25, 0.3) is 5.91 Å². The number of hydrogen-bond acceptors (Lipinski definition) is 3. The topological polar surface area (TPSA) is 53.3 Å². The van der Waals surface area contributed by atoms with Crippen LogP contribution in [0.4, 0.5) is 0 Å². The normalized spacial score (nSPS) is 10.3. The van der Waals surface area contributed by atoms with Gasteiger partial charge in [0, 0.05) is 13.1 Å². The molecule has 0 saturated heterocycles.